The molecule has 1 rings (SSSR count). The van der Waals surface area contributed by atoms with Crippen LogP contribution in [0.5, 0.6) is 0 Å². The first-order valence-electron chi connectivity index (χ1n) is 4.43. The summed E-state index contributed by atoms with van der Waals surface area (Å²) in [5.74, 6) is 0.652. The predicted molar refractivity (Wildman–Crippen MR) is 59.1 cm³/mol. The molecule has 0 bridgehead atoms. The van der Waals surface area contributed by atoms with Crippen molar-refractivity contribution in [3.8, 4) is 0 Å². The van der Waals surface area contributed by atoms with Gasteiger partial charge in [-0.25, -0.2) is 0 Å². The Morgan fingerprint density at radius 1 is 1.25 bits per heavy atom. The number of benzene rings is 1. The molecular weight excluding hydrogens is 163 g/mol. The van der Waals surface area contributed by atoms with Crippen molar-refractivity contribution in [2.45, 2.75) is 26.7 Å². The zero-order chi connectivity index (χ0) is 9.14. The molecule has 0 aliphatic carbocycles. The quantitative estimate of drug-likeness (QED) is 0.613. The molecule has 0 aromatic heterocycles. The summed E-state index contributed by atoms with van der Waals surface area (Å²) in [5, 5.41) is 1.47. The van der Waals surface area contributed by atoms with Crippen LogP contribution in [-0.4, -0.2) is 6.66 Å². The molecule has 0 nitrogen and oxygen atoms in total. The predicted octanol–water partition coefficient (Wildman–Crippen LogP) is 3.05. The van der Waals surface area contributed by atoms with Gasteiger partial charge >= 0.3 is 0 Å². The van der Waals surface area contributed by atoms with Gasteiger partial charge in [0.25, 0.3) is 0 Å². The van der Waals surface area contributed by atoms with Gasteiger partial charge in [-0.05, 0) is 35.9 Å². The van der Waals surface area contributed by atoms with E-state index in [-0.39, 0.29) is 0 Å². The van der Waals surface area contributed by atoms with Crippen molar-refractivity contribution in [2.75, 3.05) is 6.66 Å². The van der Waals surface area contributed by atoms with Crippen LogP contribution in [0.4, 0.5) is 0 Å². The van der Waals surface area contributed by atoms with Gasteiger partial charge in [-0.3, -0.25) is 0 Å². The second-order valence-corrected chi connectivity index (χ2v) is 4.55. The van der Waals surface area contributed by atoms with Crippen molar-refractivity contribution in [1.82, 2.24) is 0 Å². The van der Waals surface area contributed by atoms with Gasteiger partial charge in [0.15, 0.2) is 0 Å². The minimum Gasteiger partial charge on any atom is -0.0936 e. The van der Waals surface area contributed by atoms with E-state index in [2.05, 4.69) is 45.6 Å². The molecule has 0 amide bonds. The van der Waals surface area contributed by atoms with Gasteiger partial charge in [0.1, 0.15) is 0 Å². The van der Waals surface area contributed by atoms with Gasteiger partial charge in [-0.2, -0.15) is 0 Å². The molecule has 12 heavy (non-hydrogen) atoms. The molecule has 0 fully saturated rings. The maximum atomic E-state index is 2.31. The number of hydrogen-bond acceptors (Lipinski definition) is 0. The maximum absolute atomic E-state index is 2.31. The topological polar surface area (TPSA) is 0 Å². The molecule has 0 radical (unpaired) electrons. The van der Waals surface area contributed by atoms with E-state index in [0.717, 1.165) is 8.58 Å². The maximum Gasteiger partial charge on any atom is -0.0216 e. The number of rotatable bonds is 2. The molecule has 0 aliphatic rings. The highest BCUT2D eigenvalue weighted by Gasteiger charge is 2.02. The molecule has 1 heteroatoms. The standard InChI is InChI=1S/C11H17P/c1-8(2)11-6-5-10(12-4)7-9(11)3/h5-8,12H,1-4H3. The Labute approximate surface area is 77.2 Å². The first-order valence-corrected chi connectivity index (χ1v) is 5.93. The molecule has 0 heterocycles. The highest BCUT2D eigenvalue weighted by molar-refractivity contribution is 7.46. The molecule has 66 valence electrons. The van der Waals surface area contributed by atoms with Crippen LogP contribution in [-0.2, 0) is 0 Å². The van der Waals surface area contributed by atoms with Crippen molar-refractivity contribution < 1.29 is 0 Å². The zero-order valence-corrected chi connectivity index (χ0v) is 9.31. The smallest absolute Gasteiger partial charge is 0.0216 e. The fourth-order valence-electron chi connectivity index (χ4n) is 1.48. The van der Waals surface area contributed by atoms with Crippen molar-refractivity contribution in [1.29, 1.82) is 0 Å². The zero-order valence-electron chi connectivity index (χ0n) is 8.31. The summed E-state index contributed by atoms with van der Waals surface area (Å²) in [7, 11) is 0.916. The summed E-state index contributed by atoms with van der Waals surface area (Å²) in [6.45, 7) is 8.93. The van der Waals surface area contributed by atoms with Gasteiger partial charge in [0.2, 0.25) is 0 Å². The molecule has 0 spiro atoms. The molecule has 1 aromatic carbocycles. The Morgan fingerprint density at radius 2 is 1.92 bits per heavy atom. The molecule has 0 aliphatic heterocycles. The summed E-state index contributed by atoms with van der Waals surface area (Å²) in [6.07, 6.45) is 0. The normalized spacial score (nSPS) is 11.8. The van der Waals surface area contributed by atoms with Crippen molar-refractivity contribution in [2.24, 2.45) is 0 Å². The second kappa shape index (κ2) is 4.05. The lowest BCUT2D eigenvalue weighted by Gasteiger charge is -2.10. The number of aryl methyl sites for hydroxylation is 1. The van der Waals surface area contributed by atoms with Crippen LogP contribution in [0.15, 0.2) is 18.2 Å². The van der Waals surface area contributed by atoms with E-state index >= 15 is 0 Å². The van der Waals surface area contributed by atoms with Crippen molar-refractivity contribution >= 4 is 13.9 Å². The number of hydrogen-bond donors (Lipinski definition) is 0. The fraction of sp³-hybridized carbons (Fsp3) is 0.455. The first kappa shape index (κ1) is 9.74. The monoisotopic (exact) mass is 180 g/mol. The van der Waals surface area contributed by atoms with E-state index in [9.17, 15) is 0 Å². The van der Waals surface area contributed by atoms with Gasteiger partial charge in [-0.1, -0.05) is 40.6 Å². The minimum absolute atomic E-state index is 0.652. The van der Waals surface area contributed by atoms with E-state index in [1.807, 2.05) is 0 Å². The SMILES string of the molecule is CPc1ccc(C(C)C)c(C)c1. The van der Waals surface area contributed by atoms with Gasteiger partial charge < -0.3 is 0 Å². The molecule has 0 saturated carbocycles. The Balaban J connectivity index is 3.03. The average Bonchev–Trinajstić information content (AvgIpc) is 2.03. The van der Waals surface area contributed by atoms with Crippen molar-refractivity contribution in [3.05, 3.63) is 29.3 Å². The molecule has 0 N–H and O–H groups in total. The largest absolute Gasteiger partial charge is 0.0936 e. The van der Waals surface area contributed by atoms with E-state index in [1.54, 1.807) is 0 Å². The van der Waals surface area contributed by atoms with Crippen LogP contribution in [0.1, 0.15) is 30.9 Å². The summed E-state index contributed by atoms with van der Waals surface area (Å²) in [5.41, 5.74) is 2.92. The van der Waals surface area contributed by atoms with E-state index in [4.69, 9.17) is 0 Å². The lowest BCUT2D eigenvalue weighted by Crippen LogP contribution is -1.99. The molecule has 0 saturated heterocycles. The Hall–Kier alpha value is -0.350. The van der Waals surface area contributed by atoms with E-state index in [1.165, 1.54) is 16.4 Å². The lowest BCUT2D eigenvalue weighted by molar-refractivity contribution is 0.857. The average molecular weight is 180 g/mol. The highest BCUT2D eigenvalue weighted by Crippen LogP contribution is 2.19. The molecular formula is C11H17P. The van der Waals surface area contributed by atoms with Crippen LogP contribution < -0.4 is 5.30 Å². The second-order valence-electron chi connectivity index (χ2n) is 3.48. The van der Waals surface area contributed by atoms with Crippen LogP contribution in [0, 0.1) is 6.92 Å². The molecule has 1 atom stereocenters. The first-order chi connectivity index (χ1) is 5.65. The Kier molecular flexibility index (Phi) is 3.29. The van der Waals surface area contributed by atoms with Crippen LogP contribution in [0.2, 0.25) is 0 Å². The third kappa shape index (κ3) is 2.08. The van der Waals surface area contributed by atoms with Gasteiger partial charge in [0.05, 0.1) is 0 Å². The summed E-state index contributed by atoms with van der Waals surface area (Å²) in [6, 6.07) is 6.83. The van der Waals surface area contributed by atoms with Gasteiger partial charge in [-0.15, -0.1) is 0 Å². The summed E-state index contributed by atoms with van der Waals surface area (Å²) < 4.78 is 0. The lowest BCUT2D eigenvalue weighted by atomic mass is 9.98. The summed E-state index contributed by atoms with van der Waals surface area (Å²) in [4.78, 5) is 0. The fourth-order valence-corrected chi connectivity index (χ4v) is 2.09. The molecule has 1 aromatic rings. The Bertz CT molecular complexity index is 264. The molecule has 1 unspecified atom stereocenters. The van der Waals surface area contributed by atoms with Crippen LogP contribution in [0.3, 0.4) is 0 Å². The van der Waals surface area contributed by atoms with E-state index < -0.39 is 0 Å². The third-order valence-corrected chi connectivity index (χ3v) is 3.07. The van der Waals surface area contributed by atoms with Crippen LogP contribution >= 0.6 is 8.58 Å². The minimum atomic E-state index is 0.652. The summed E-state index contributed by atoms with van der Waals surface area (Å²) >= 11 is 0. The van der Waals surface area contributed by atoms with Gasteiger partial charge in [0, 0.05) is 0 Å². The Morgan fingerprint density at radius 3 is 2.33 bits per heavy atom. The van der Waals surface area contributed by atoms with E-state index in [0.29, 0.717) is 5.92 Å². The third-order valence-electron chi connectivity index (χ3n) is 2.18. The van der Waals surface area contributed by atoms with Crippen LogP contribution in [0.25, 0.3) is 0 Å². The van der Waals surface area contributed by atoms with Crippen molar-refractivity contribution in [3.63, 3.8) is 0 Å². The highest BCUT2D eigenvalue weighted by atomic mass is 31.1.